The van der Waals surface area contributed by atoms with E-state index in [1.165, 1.54) is 19.3 Å². The van der Waals surface area contributed by atoms with Crippen LogP contribution in [0.3, 0.4) is 0 Å². The molecule has 0 bridgehead atoms. The third-order valence-electron chi connectivity index (χ3n) is 2.63. The summed E-state index contributed by atoms with van der Waals surface area (Å²) in [4.78, 5) is 13.8. The van der Waals surface area contributed by atoms with E-state index in [4.69, 9.17) is 0 Å². The molecule has 1 atom stereocenters. The highest BCUT2D eigenvalue weighted by Gasteiger charge is 2.35. The number of hydrogen-bond acceptors (Lipinski definition) is 1. The van der Waals surface area contributed by atoms with Gasteiger partial charge in [0, 0.05) is 23.8 Å². The number of alkyl halides is 1. The summed E-state index contributed by atoms with van der Waals surface area (Å²) in [6.07, 6.45) is 4.47. The molecule has 1 aliphatic heterocycles. The molecule has 0 N–H and O–H groups in total. The van der Waals surface area contributed by atoms with Gasteiger partial charge in [0.25, 0.3) is 0 Å². The van der Waals surface area contributed by atoms with Crippen molar-refractivity contribution in [3.05, 3.63) is 0 Å². The summed E-state index contributed by atoms with van der Waals surface area (Å²) in [7, 11) is 0. The van der Waals surface area contributed by atoms with Gasteiger partial charge in [0.15, 0.2) is 0 Å². The van der Waals surface area contributed by atoms with Crippen molar-refractivity contribution in [1.29, 1.82) is 0 Å². The second-order valence-electron chi connectivity index (χ2n) is 3.43. The number of halogens is 1. The van der Waals surface area contributed by atoms with Crippen molar-refractivity contribution in [2.45, 2.75) is 36.6 Å². The molecule has 0 aromatic carbocycles. The Bertz CT molecular complexity index is 179. The number of rotatable bonds is 1. The molecule has 1 amide bonds. The minimum absolute atomic E-state index is 0.344. The normalized spacial score (nSPS) is 32.6. The fraction of sp³-hybridized carbons (Fsp3) is 0.875. The zero-order valence-electron chi connectivity index (χ0n) is 6.42. The average molecular weight is 218 g/mol. The first-order valence-corrected chi connectivity index (χ1v) is 5.12. The third kappa shape index (κ3) is 1.31. The van der Waals surface area contributed by atoms with Gasteiger partial charge in [-0.3, -0.25) is 4.79 Å². The van der Waals surface area contributed by atoms with Gasteiger partial charge in [0.05, 0.1) is 0 Å². The molecule has 11 heavy (non-hydrogen) atoms. The van der Waals surface area contributed by atoms with E-state index < -0.39 is 0 Å². The van der Waals surface area contributed by atoms with Crippen LogP contribution in [0.2, 0.25) is 0 Å². The van der Waals surface area contributed by atoms with E-state index in [0.717, 1.165) is 6.54 Å². The van der Waals surface area contributed by atoms with Gasteiger partial charge >= 0.3 is 0 Å². The molecular formula is C8H12BrNO. The highest BCUT2D eigenvalue weighted by molar-refractivity contribution is 9.09. The van der Waals surface area contributed by atoms with Crippen molar-refractivity contribution in [3.8, 4) is 0 Å². The first-order valence-electron chi connectivity index (χ1n) is 4.21. The van der Waals surface area contributed by atoms with Crippen molar-refractivity contribution >= 4 is 21.8 Å². The Labute approximate surface area is 75.1 Å². The molecule has 3 heteroatoms. The third-order valence-corrected chi connectivity index (χ3v) is 3.24. The fourth-order valence-corrected chi connectivity index (χ4v) is 2.33. The van der Waals surface area contributed by atoms with Gasteiger partial charge in [-0.15, -0.1) is 0 Å². The SMILES string of the molecule is O=C1CC(Br)CN1C1CCC1. The highest BCUT2D eigenvalue weighted by atomic mass is 79.9. The molecular weight excluding hydrogens is 206 g/mol. The summed E-state index contributed by atoms with van der Waals surface area (Å²) in [6, 6.07) is 0.588. The van der Waals surface area contributed by atoms with Crippen LogP contribution < -0.4 is 0 Å². The van der Waals surface area contributed by atoms with Crippen LogP contribution in [0.4, 0.5) is 0 Å². The molecule has 0 radical (unpaired) electrons. The van der Waals surface area contributed by atoms with E-state index in [0.29, 0.717) is 23.2 Å². The molecule has 2 aliphatic rings. The summed E-state index contributed by atoms with van der Waals surface area (Å²) in [5, 5.41) is 0. The lowest BCUT2D eigenvalue weighted by molar-refractivity contribution is -0.131. The fourth-order valence-electron chi connectivity index (χ4n) is 1.74. The Balaban J connectivity index is 1.97. The Morgan fingerprint density at radius 2 is 2.18 bits per heavy atom. The van der Waals surface area contributed by atoms with Crippen LogP contribution >= 0.6 is 15.9 Å². The van der Waals surface area contributed by atoms with Crippen molar-refractivity contribution in [1.82, 2.24) is 4.90 Å². The van der Waals surface area contributed by atoms with Crippen molar-refractivity contribution in [2.75, 3.05) is 6.54 Å². The molecule has 1 unspecified atom stereocenters. The molecule has 62 valence electrons. The Hall–Kier alpha value is -0.0500. The van der Waals surface area contributed by atoms with Gasteiger partial charge in [0.1, 0.15) is 0 Å². The minimum atomic E-state index is 0.344. The number of carbonyl (C=O) groups is 1. The number of amides is 1. The minimum Gasteiger partial charge on any atom is -0.339 e. The molecule has 1 saturated carbocycles. The van der Waals surface area contributed by atoms with E-state index in [9.17, 15) is 4.79 Å². The molecule has 2 rings (SSSR count). The molecule has 0 spiro atoms. The van der Waals surface area contributed by atoms with E-state index in [-0.39, 0.29) is 0 Å². The quantitative estimate of drug-likeness (QED) is 0.611. The van der Waals surface area contributed by atoms with Crippen LogP contribution in [0.15, 0.2) is 0 Å². The maximum Gasteiger partial charge on any atom is 0.224 e. The number of carbonyl (C=O) groups excluding carboxylic acids is 1. The van der Waals surface area contributed by atoms with E-state index in [1.807, 2.05) is 4.90 Å². The Morgan fingerprint density at radius 3 is 2.55 bits per heavy atom. The predicted octanol–water partition coefficient (Wildman–Crippen LogP) is 1.53. The van der Waals surface area contributed by atoms with Crippen LogP contribution in [0.25, 0.3) is 0 Å². The van der Waals surface area contributed by atoms with E-state index >= 15 is 0 Å². The lowest BCUT2D eigenvalue weighted by Gasteiger charge is -2.34. The monoisotopic (exact) mass is 217 g/mol. The van der Waals surface area contributed by atoms with Gasteiger partial charge in [-0.2, -0.15) is 0 Å². The molecule has 1 aliphatic carbocycles. The van der Waals surface area contributed by atoms with Gasteiger partial charge < -0.3 is 4.90 Å². The highest BCUT2D eigenvalue weighted by Crippen LogP contribution is 2.30. The predicted molar refractivity (Wildman–Crippen MR) is 46.7 cm³/mol. The second-order valence-corrected chi connectivity index (χ2v) is 4.73. The smallest absolute Gasteiger partial charge is 0.224 e. The summed E-state index contributed by atoms with van der Waals surface area (Å²) in [5.41, 5.74) is 0. The first kappa shape index (κ1) is 7.59. The second kappa shape index (κ2) is 2.77. The zero-order valence-corrected chi connectivity index (χ0v) is 8.01. The lowest BCUT2D eigenvalue weighted by atomic mass is 9.92. The van der Waals surface area contributed by atoms with E-state index in [1.54, 1.807) is 0 Å². The van der Waals surface area contributed by atoms with Crippen LogP contribution in [0.1, 0.15) is 25.7 Å². The molecule has 0 aromatic rings. The largest absolute Gasteiger partial charge is 0.339 e. The topological polar surface area (TPSA) is 20.3 Å². The van der Waals surface area contributed by atoms with Crippen LogP contribution in [0, 0.1) is 0 Å². The first-order chi connectivity index (χ1) is 5.27. The Morgan fingerprint density at radius 1 is 1.45 bits per heavy atom. The molecule has 1 saturated heterocycles. The number of hydrogen-bond donors (Lipinski definition) is 0. The maximum absolute atomic E-state index is 11.3. The maximum atomic E-state index is 11.3. The van der Waals surface area contributed by atoms with Gasteiger partial charge in [-0.05, 0) is 19.3 Å². The van der Waals surface area contributed by atoms with Gasteiger partial charge in [0.2, 0.25) is 5.91 Å². The zero-order chi connectivity index (χ0) is 7.84. The van der Waals surface area contributed by atoms with Gasteiger partial charge in [-0.25, -0.2) is 0 Å². The summed E-state index contributed by atoms with van der Waals surface area (Å²) < 4.78 is 0. The van der Waals surface area contributed by atoms with Crippen molar-refractivity contribution < 1.29 is 4.79 Å². The average Bonchev–Trinajstić information content (AvgIpc) is 2.07. The van der Waals surface area contributed by atoms with E-state index in [2.05, 4.69) is 15.9 Å². The van der Waals surface area contributed by atoms with Crippen molar-refractivity contribution in [2.24, 2.45) is 0 Å². The van der Waals surface area contributed by atoms with Crippen molar-refractivity contribution in [3.63, 3.8) is 0 Å². The Kier molecular flexibility index (Phi) is 1.91. The van der Waals surface area contributed by atoms with Crippen LogP contribution in [-0.4, -0.2) is 28.2 Å². The summed E-state index contributed by atoms with van der Waals surface area (Å²) in [6.45, 7) is 0.934. The molecule has 0 aromatic heterocycles. The van der Waals surface area contributed by atoms with Crippen LogP contribution in [-0.2, 0) is 4.79 Å². The van der Waals surface area contributed by atoms with Crippen LogP contribution in [0.5, 0.6) is 0 Å². The lowest BCUT2D eigenvalue weighted by Crippen LogP contribution is -2.41. The molecule has 1 heterocycles. The van der Waals surface area contributed by atoms with Gasteiger partial charge in [-0.1, -0.05) is 15.9 Å². The summed E-state index contributed by atoms with van der Waals surface area (Å²) >= 11 is 3.48. The summed E-state index contributed by atoms with van der Waals surface area (Å²) in [5.74, 6) is 0.344. The number of likely N-dealkylation sites (tertiary alicyclic amines) is 1. The molecule has 2 nitrogen and oxygen atoms in total. The number of nitrogens with zero attached hydrogens (tertiary/aromatic N) is 1. The standard InChI is InChI=1S/C8H12BrNO/c9-6-4-8(11)10(5-6)7-2-1-3-7/h6-7H,1-5H2. The molecule has 2 fully saturated rings.